The second-order valence-electron chi connectivity index (χ2n) is 5.77. The van der Waals surface area contributed by atoms with Crippen LogP contribution in [-0.2, 0) is 5.41 Å². The zero-order valence-electron chi connectivity index (χ0n) is 12.3. The Bertz CT molecular complexity index is 731. The average Bonchev–Trinajstić information content (AvgIpc) is 2.36. The molecule has 1 aromatic heterocycles. The molecule has 0 spiro atoms. The molecule has 0 N–H and O–H groups in total. The molecule has 2 aromatic rings. The number of nitrogens with zero attached hydrogens (tertiary/aromatic N) is 2. The minimum absolute atomic E-state index is 0.216. The van der Waals surface area contributed by atoms with E-state index in [4.69, 9.17) is 0 Å². The number of hydrogen-bond donors (Lipinski definition) is 0. The topological polar surface area (TPSA) is 44.1 Å². The molecule has 0 aliphatic rings. The zero-order chi connectivity index (χ0) is 16.5. The maximum absolute atomic E-state index is 12.3. The van der Waals surface area contributed by atoms with Gasteiger partial charge in [-0.05, 0) is 12.1 Å². The van der Waals surface area contributed by atoms with Gasteiger partial charge in [0.25, 0.3) is 0 Å². The van der Waals surface area contributed by atoms with Gasteiger partial charge in [-0.25, -0.2) is 4.68 Å². The summed E-state index contributed by atoms with van der Waals surface area (Å²) in [5.41, 5.74) is 0.0102. The highest BCUT2D eigenvalue weighted by Gasteiger charge is 2.31. The van der Waals surface area contributed by atoms with Gasteiger partial charge in [0.15, 0.2) is 0 Å². The molecule has 1 aromatic carbocycles. The Morgan fingerprint density at radius 1 is 1.14 bits per heavy atom. The third-order valence-electron chi connectivity index (χ3n) is 2.83. The number of alkyl halides is 3. The van der Waals surface area contributed by atoms with Crippen molar-refractivity contribution in [3.05, 3.63) is 52.4 Å². The Morgan fingerprint density at radius 3 is 2.41 bits per heavy atom. The number of ether oxygens (including phenoxy) is 1. The molecule has 0 unspecified atom stereocenters. The Morgan fingerprint density at radius 2 is 1.82 bits per heavy atom. The summed E-state index contributed by atoms with van der Waals surface area (Å²) >= 11 is 0. The molecule has 0 radical (unpaired) electrons. The predicted molar refractivity (Wildman–Crippen MR) is 75.2 cm³/mol. The lowest BCUT2D eigenvalue weighted by Gasteiger charge is -2.18. The van der Waals surface area contributed by atoms with E-state index in [2.05, 4.69) is 9.84 Å². The molecule has 0 fully saturated rings. The van der Waals surface area contributed by atoms with E-state index in [9.17, 15) is 18.0 Å². The Kier molecular flexibility index (Phi) is 4.00. The van der Waals surface area contributed by atoms with Gasteiger partial charge in [-0.15, -0.1) is 13.2 Å². The fourth-order valence-electron chi connectivity index (χ4n) is 1.89. The first-order valence-corrected chi connectivity index (χ1v) is 6.53. The lowest BCUT2D eigenvalue weighted by molar-refractivity contribution is -0.274. The average molecular weight is 312 g/mol. The normalized spacial score (nSPS) is 12.3. The van der Waals surface area contributed by atoms with Gasteiger partial charge in [0.05, 0.1) is 5.69 Å². The highest BCUT2D eigenvalue weighted by Crippen LogP contribution is 2.24. The van der Waals surface area contributed by atoms with Crippen molar-refractivity contribution >= 4 is 0 Å². The van der Waals surface area contributed by atoms with Gasteiger partial charge in [-0.3, -0.25) is 4.79 Å². The number of hydrogen-bond acceptors (Lipinski definition) is 3. The Balaban J connectivity index is 2.45. The molecule has 0 atom stereocenters. The van der Waals surface area contributed by atoms with Crippen molar-refractivity contribution in [1.82, 2.24) is 9.78 Å². The highest BCUT2D eigenvalue weighted by molar-refractivity contribution is 5.38. The number of rotatable bonds is 2. The first-order chi connectivity index (χ1) is 10.1. The summed E-state index contributed by atoms with van der Waals surface area (Å²) in [4.78, 5) is 11.9. The van der Waals surface area contributed by atoms with E-state index in [-0.39, 0.29) is 11.2 Å². The summed E-state index contributed by atoms with van der Waals surface area (Å²) in [5, 5.41) is 4.22. The number of benzene rings is 1. The van der Waals surface area contributed by atoms with Gasteiger partial charge in [-0.2, -0.15) is 5.10 Å². The maximum Gasteiger partial charge on any atom is 0.573 e. The van der Waals surface area contributed by atoms with E-state index in [1.165, 1.54) is 35.1 Å². The van der Waals surface area contributed by atoms with Gasteiger partial charge in [-0.1, -0.05) is 26.8 Å². The van der Waals surface area contributed by atoms with Gasteiger partial charge >= 0.3 is 6.36 Å². The number of aromatic nitrogens is 2. The van der Waals surface area contributed by atoms with Gasteiger partial charge in [0.2, 0.25) is 5.43 Å². The zero-order valence-corrected chi connectivity index (χ0v) is 12.3. The Labute approximate surface area is 125 Å². The molecule has 0 saturated heterocycles. The third kappa shape index (κ3) is 3.87. The van der Waals surface area contributed by atoms with Crippen LogP contribution in [-0.4, -0.2) is 16.1 Å². The lowest BCUT2D eigenvalue weighted by Crippen LogP contribution is -2.26. The van der Waals surface area contributed by atoms with Crippen molar-refractivity contribution < 1.29 is 17.9 Å². The van der Waals surface area contributed by atoms with Crippen LogP contribution < -0.4 is 10.2 Å². The monoisotopic (exact) mass is 312 g/mol. The van der Waals surface area contributed by atoms with Crippen LogP contribution in [0.3, 0.4) is 0 Å². The van der Waals surface area contributed by atoms with Crippen LogP contribution in [0.2, 0.25) is 0 Å². The number of halogens is 3. The van der Waals surface area contributed by atoms with E-state index in [0.717, 1.165) is 0 Å². The summed E-state index contributed by atoms with van der Waals surface area (Å²) in [6.07, 6.45) is -3.35. The smallest absolute Gasteiger partial charge is 0.406 e. The van der Waals surface area contributed by atoms with E-state index in [1.807, 2.05) is 20.8 Å². The van der Waals surface area contributed by atoms with E-state index in [1.54, 1.807) is 6.07 Å². The van der Waals surface area contributed by atoms with Crippen molar-refractivity contribution in [2.24, 2.45) is 0 Å². The van der Waals surface area contributed by atoms with Crippen molar-refractivity contribution in [2.75, 3.05) is 0 Å². The minimum atomic E-state index is -4.76. The quantitative estimate of drug-likeness (QED) is 0.853. The van der Waals surface area contributed by atoms with Crippen LogP contribution in [0.4, 0.5) is 13.2 Å². The van der Waals surface area contributed by atoms with Gasteiger partial charge in [0, 0.05) is 23.7 Å². The van der Waals surface area contributed by atoms with Crippen LogP contribution in [0.5, 0.6) is 5.75 Å². The van der Waals surface area contributed by atoms with Gasteiger partial charge < -0.3 is 4.74 Å². The first kappa shape index (κ1) is 16.1. The van der Waals surface area contributed by atoms with Gasteiger partial charge in [0.1, 0.15) is 11.4 Å². The molecule has 4 nitrogen and oxygen atoms in total. The minimum Gasteiger partial charge on any atom is -0.406 e. The third-order valence-corrected chi connectivity index (χ3v) is 2.83. The second-order valence-corrected chi connectivity index (χ2v) is 5.77. The summed E-state index contributed by atoms with van der Waals surface area (Å²) in [6, 6.07) is 6.74. The molecular weight excluding hydrogens is 297 g/mol. The van der Waals surface area contributed by atoms with Crippen molar-refractivity contribution in [2.45, 2.75) is 32.5 Å². The first-order valence-electron chi connectivity index (χ1n) is 6.53. The molecular formula is C15H15F3N2O2. The predicted octanol–water partition coefficient (Wildman–Crippen LogP) is 3.43. The van der Waals surface area contributed by atoms with Crippen molar-refractivity contribution in [3.63, 3.8) is 0 Å². The van der Waals surface area contributed by atoms with Crippen LogP contribution in [0.15, 0.2) is 41.3 Å². The van der Waals surface area contributed by atoms with E-state index in [0.29, 0.717) is 11.4 Å². The fraction of sp³-hybridized carbons (Fsp3) is 0.333. The molecule has 0 aliphatic carbocycles. The highest BCUT2D eigenvalue weighted by atomic mass is 19.4. The summed E-state index contributed by atoms with van der Waals surface area (Å²) in [6.45, 7) is 5.51. The fourth-order valence-corrected chi connectivity index (χ4v) is 1.89. The van der Waals surface area contributed by atoms with Crippen LogP contribution in [0.25, 0.3) is 5.69 Å². The molecule has 22 heavy (non-hydrogen) atoms. The maximum atomic E-state index is 12.3. The molecule has 0 amide bonds. The summed E-state index contributed by atoms with van der Waals surface area (Å²) in [7, 11) is 0. The molecule has 2 rings (SSSR count). The largest absolute Gasteiger partial charge is 0.573 e. The second kappa shape index (κ2) is 5.47. The lowest BCUT2D eigenvalue weighted by atomic mass is 9.92. The standard InChI is InChI=1S/C15H15F3N2O2/c1-14(2,3)13-12(21)7-8-20(19-13)10-5-4-6-11(9-10)22-15(16,17)18/h4-9H,1-3H3. The molecule has 0 bridgehead atoms. The van der Waals surface area contributed by atoms with Crippen LogP contribution in [0.1, 0.15) is 26.5 Å². The molecule has 0 saturated carbocycles. The van der Waals surface area contributed by atoms with Crippen molar-refractivity contribution in [3.8, 4) is 11.4 Å². The summed E-state index contributed by atoms with van der Waals surface area (Å²) < 4.78 is 42.0. The molecule has 0 aliphatic heterocycles. The molecule has 118 valence electrons. The molecule has 1 heterocycles. The molecule has 7 heteroatoms. The van der Waals surface area contributed by atoms with E-state index >= 15 is 0 Å². The Hall–Kier alpha value is -2.31. The summed E-state index contributed by atoms with van der Waals surface area (Å²) in [5.74, 6) is -0.345. The van der Waals surface area contributed by atoms with Crippen LogP contribution >= 0.6 is 0 Å². The van der Waals surface area contributed by atoms with E-state index < -0.39 is 11.8 Å². The SMILES string of the molecule is CC(C)(C)c1nn(-c2cccc(OC(F)(F)F)c2)ccc1=O. The van der Waals surface area contributed by atoms with Crippen molar-refractivity contribution in [1.29, 1.82) is 0 Å². The van der Waals surface area contributed by atoms with Crippen LogP contribution in [0, 0.1) is 0 Å².